The molecule has 0 saturated carbocycles. The third kappa shape index (κ3) is 2.41. The number of rotatable bonds is 3. The Morgan fingerprint density at radius 3 is 2.94 bits per heavy atom. The molecule has 0 aliphatic carbocycles. The molecule has 0 bridgehead atoms. The maximum atomic E-state index is 13.3. The monoisotopic (exact) mass is 238 g/mol. The van der Waals surface area contributed by atoms with E-state index >= 15 is 0 Å². The molecule has 2 rings (SSSR count). The summed E-state index contributed by atoms with van der Waals surface area (Å²) in [6, 6.07) is 1.65. The molecular formula is C8H7FN6S. The Kier molecular flexibility index (Phi) is 3.22. The van der Waals surface area contributed by atoms with E-state index in [1.165, 1.54) is 6.33 Å². The van der Waals surface area contributed by atoms with E-state index in [9.17, 15) is 4.39 Å². The summed E-state index contributed by atoms with van der Waals surface area (Å²) in [6.07, 6.45) is 3.99. The Hall–Kier alpha value is -1.80. The molecule has 0 aliphatic heterocycles. The van der Waals surface area contributed by atoms with Crippen LogP contribution in [0, 0.1) is 5.82 Å². The molecule has 82 valence electrons. The molecule has 0 atom stereocenters. The van der Waals surface area contributed by atoms with Crippen LogP contribution in [0.15, 0.2) is 34.8 Å². The van der Waals surface area contributed by atoms with E-state index in [0.717, 1.165) is 18.0 Å². The minimum absolute atomic E-state index is 0.151. The second-order valence-electron chi connectivity index (χ2n) is 2.64. The van der Waals surface area contributed by atoms with Crippen molar-refractivity contribution in [2.24, 2.45) is 5.84 Å². The predicted octanol–water partition coefficient (Wildman–Crippen LogP) is 0.842. The summed E-state index contributed by atoms with van der Waals surface area (Å²) in [5, 5.41) is 0.747. The van der Waals surface area contributed by atoms with Crippen molar-refractivity contribution in [3.8, 4) is 0 Å². The van der Waals surface area contributed by atoms with Crippen molar-refractivity contribution in [3.63, 3.8) is 0 Å². The van der Waals surface area contributed by atoms with E-state index in [2.05, 4.69) is 25.4 Å². The first-order valence-electron chi connectivity index (χ1n) is 4.22. The Morgan fingerprint density at radius 1 is 1.38 bits per heavy atom. The minimum atomic E-state index is -0.525. The molecule has 3 N–H and O–H groups in total. The highest BCUT2D eigenvalue weighted by Crippen LogP contribution is 2.25. The van der Waals surface area contributed by atoms with Gasteiger partial charge in [0.1, 0.15) is 16.4 Å². The van der Waals surface area contributed by atoms with Crippen LogP contribution in [0.2, 0.25) is 0 Å². The lowest BCUT2D eigenvalue weighted by atomic mass is 10.6. The summed E-state index contributed by atoms with van der Waals surface area (Å²) in [7, 11) is 0. The van der Waals surface area contributed by atoms with Gasteiger partial charge in [0.25, 0.3) is 0 Å². The molecule has 0 fully saturated rings. The zero-order valence-corrected chi connectivity index (χ0v) is 8.78. The van der Waals surface area contributed by atoms with Crippen LogP contribution in [0.1, 0.15) is 0 Å². The van der Waals surface area contributed by atoms with Gasteiger partial charge in [0, 0.05) is 6.20 Å². The van der Waals surface area contributed by atoms with Crippen molar-refractivity contribution in [1.29, 1.82) is 0 Å². The Labute approximate surface area is 94.5 Å². The summed E-state index contributed by atoms with van der Waals surface area (Å²) in [6.45, 7) is 0. The number of nitrogen functional groups attached to an aromatic ring is 1. The van der Waals surface area contributed by atoms with Gasteiger partial charge in [-0.3, -0.25) is 5.43 Å². The average Bonchev–Trinajstić information content (AvgIpc) is 2.33. The molecule has 16 heavy (non-hydrogen) atoms. The number of nitrogens with one attached hydrogen (secondary N) is 1. The van der Waals surface area contributed by atoms with Crippen molar-refractivity contribution in [2.45, 2.75) is 10.1 Å². The summed E-state index contributed by atoms with van der Waals surface area (Å²) in [4.78, 5) is 15.2. The zero-order chi connectivity index (χ0) is 11.4. The largest absolute Gasteiger partial charge is 0.292 e. The number of hydrogen-bond donors (Lipinski definition) is 2. The average molecular weight is 238 g/mol. The van der Waals surface area contributed by atoms with Crippen LogP contribution >= 0.6 is 11.8 Å². The van der Waals surface area contributed by atoms with Crippen molar-refractivity contribution in [2.75, 3.05) is 5.43 Å². The van der Waals surface area contributed by atoms with E-state index in [0.29, 0.717) is 5.03 Å². The first kappa shape index (κ1) is 10.7. The molecule has 0 amide bonds. The van der Waals surface area contributed by atoms with E-state index in [-0.39, 0.29) is 11.0 Å². The van der Waals surface area contributed by atoms with Gasteiger partial charge in [0.15, 0.2) is 5.82 Å². The molecule has 8 heteroatoms. The molecule has 0 aliphatic rings. The fourth-order valence-corrected chi connectivity index (χ4v) is 1.64. The molecule has 0 aromatic carbocycles. The summed E-state index contributed by atoms with van der Waals surface area (Å²) in [5.41, 5.74) is 2.25. The van der Waals surface area contributed by atoms with E-state index in [1.807, 2.05) is 0 Å². The second-order valence-corrected chi connectivity index (χ2v) is 3.65. The fourth-order valence-electron chi connectivity index (χ4n) is 0.931. The van der Waals surface area contributed by atoms with Gasteiger partial charge in [-0.05, 0) is 17.8 Å². The van der Waals surface area contributed by atoms with Crippen molar-refractivity contribution >= 4 is 17.7 Å². The Morgan fingerprint density at radius 2 is 2.25 bits per heavy atom. The normalized spacial score (nSPS) is 10.1. The van der Waals surface area contributed by atoms with Crippen molar-refractivity contribution in [3.05, 3.63) is 30.6 Å². The molecule has 0 saturated heterocycles. The first-order valence-corrected chi connectivity index (χ1v) is 5.04. The highest BCUT2D eigenvalue weighted by molar-refractivity contribution is 7.99. The number of nitrogens with zero attached hydrogens (tertiary/aromatic N) is 4. The van der Waals surface area contributed by atoms with Crippen LogP contribution in [0.5, 0.6) is 0 Å². The molecule has 6 nitrogen and oxygen atoms in total. The number of hydrogen-bond acceptors (Lipinski definition) is 7. The number of aromatic nitrogens is 4. The van der Waals surface area contributed by atoms with E-state index < -0.39 is 5.82 Å². The van der Waals surface area contributed by atoms with Gasteiger partial charge < -0.3 is 0 Å². The van der Waals surface area contributed by atoms with Gasteiger partial charge in [-0.15, -0.1) is 0 Å². The molecule has 2 heterocycles. The maximum Gasteiger partial charge on any atom is 0.238 e. The van der Waals surface area contributed by atoms with Crippen LogP contribution in [-0.4, -0.2) is 19.9 Å². The molecule has 2 aromatic heterocycles. The van der Waals surface area contributed by atoms with E-state index in [1.54, 1.807) is 12.3 Å². The third-order valence-electron chi connectivity index (χ3n) is 1.60. The number of hydrazine groups is 1. The smallest absolute Gasteiger partial charge is 0.238 e. The lowest BCUT2D eigenvalue weighted by Crippen LogP contribution is -2.11. The zero-order valence-electron chi connectivity index (χ0n) is 7.96. The predicted molar refractivity (Wildman–Crippen MR) is 56.0 cm³/mol. The molecule has 0 spiro atoms. The molecule has 2 aromatic rings. The highest BCUT2D eigenvalue weighted by Gasteiger charge is 2.08. The van der Waals surface area contributed by atoms with Crippen molar-refractivity contribution < 1.29 is 4.39 Å². The second kappa shape index (κ2) is 4.81. The lowest BCUT2D eigenvalue weighted by Gasteiger charge is -2.03. The standard InChI is InChI=1S/C8H7FN6S/c9-5-3-12-8(15-10)14-7(5)16-6-1-2-11-4-13-6/h1-4H,10H2,(H,12,14,15). The number of nitrogens with two attached hydrogens (primary N) is 1. The van der Waals surface area contributed by atoms with Gasteiger partial charge in [-0.2, -0.15) is 0 Å². The SMILES string of the molecule is NNc1ncc(F)c(Sc2ccncn2)n1. The van der Waals surface area contributed by atoms with Crippen LogP contribution in [-0.2, 0) is 0 Å². The van der Waals surface area contributed by atoms with Crippen molar-refractivity contribution in [1.82, 2.24) is 19.9 Å². The summed E-state index contributed by atoms with van der Waals surface area (Å²) >= 11 is 1.07. The van der Waals surface area contributed by atoms with Gasteiger partial charge in [-0.25, -0.2) is 30.2 Å². The maximum absolute atomic E-state index is 13.3. The Bertz CT molecular complexity index is 479. The molecule has 0 unspecified atom stereocenters. The third-order valence-corrected chi connectivity index (χ3v) is 2.53. The summed E-state index contributed by atoms with van der Waals surface area (Å²) < 4.78 is 13.3. The van der Waals surface area contributed by atoms with Crippen LogP contribution < -0.4 is 11.3 Å². The lowest BCUT2D eigenvalue weighted by molar-refractivity contribution is 0.580. The summed E-state index contributed by atoms with van der Waals surface area (Å²) in [5.74, 6) is 4.76. The Balaban J connectivity index is 2.27. The van der Waals surface area contributed by atoms with Gasteiger partial charge in [0.2, 0.25) is 5.95 Å². The van der Waals surface area contributed by atoms with Crippen LogP contribution in [0.4, 0.5) is 10.3 Å². The molecule has 0 radical (unpaired) electrons. The van der Waals surface area contributed by atoms with Crippen LogP contribution in [0.3, 0.4) is 0 Å². The topological polar surface area (TPSA) is 89.6 Å². The van der Waals surface area contributed by atoms with Gasteiger partial charge in [-0.1, -0.05) is 0 Å². The first-order chi connectivity index (χ1) is 7.79. The number of anilines is 1. The highest BCUT2D eigenvalue weighted by atomic mass is 32.2. The minimum Gasteiger partial charge on any atom is -0.292 e. The molecular weight excluding hydrogens is 231 g/mol. The number of halogens is 1. The van der Waals surface area contributed by atoms with Gasteiger partial charge in [0.05, 0.1) is 6.20 Å². The quantitative estimate of drug-likeness (QED) is 0.465. The van der Waals surface area contributed by atoms with Crippen LogP contribution in [0.25, 0.3) is 0 Å². The van der Waals surface area contributed by atoms with E-state index in [4.69, 9.17) is 5.84 Å². The fraction of sp³-hybridized carbons (Fsp3) is 0. The van der Waals surface area contributed by atoms with Gasteiger partial charge >= 0.3 is 0 Å².